The molecule has 5 atom stereocenters. The lowest BCUT2D eigenvalue weighted by molar-refractivity contribution is -0.131. The molecule has 3 aromatic rings. The number of amides is 2. The number of carbonyl (C=O) groups is 2. The fraction of sp³-hybridized carbons (Fsp3) is 0.588. The van der Waals surface area contributed by atoms with Gasteiger partial charge in [0, 0.05) is 48.5 Å². The number of alkyl carbamates (subject to hydrolysis) is 1. The summed E-state index contributed by atoms with van der Waals surface area (Å²) in [4.78, 5) is 32.5. The maximum absolute atomic E-state index is 13.7. The van der Waals surface area contributed by atoms with E-state index in [2.05, 4.69) is 33.0 Å². The molecule has 47 heavy (non-hydrogen) atoms. The molecular formula is C34H48N4O6S3. The normalized spacial score (nSPS) is 23.5. The number of sulfone groups is 1. The number of aliphatic hydroxyl groups excluding tert-OH is 1. The first-order chi connectivity index (χ1) is 22.2. The number of fused-ring (bicyclic) bond motifs is 1. The van der Waals surface area contributed by atoms with Crippen LogP contribution in [0.25, 0.3) is 9.40 Å². The number of β-amino-alcohol motifs (C(OH)–C–C–N with tert-alkyl or cyclic N) is 1. The zero-order valence-electron chi connectivity index (χ0n) is 27.8. The minimum atomic E-state index is -3.35. The molecule has 2 fully saturated rings. The third-order valence-electron chi connectivity index (χ3n) is 8.83. The van der Waals surface area contributed by atoms with E-state index in [9.17, 15) is 23.1 Å². The highest BCUT2D eigenvalue weighted by Crippen LogP contribution is 2.32. The number of hydrogen-bond donors (Lipinski definition) is 3. The molecule has 13 heteroatoms. The number of ether oxygens (including phenoxy) is 1. The van der Waals surface area contributed by atoms with Crippen LogP contribution in [0, 0.1) is 5.92 Å². The van der Waals surface area contributed by atoms with Crippen molar-refractivity contribution in [1.29, 1.82) is 0 Å². The zero-order valence-corrected chi connectivity index (χ0v) is 30.3. The van der Waals surface area contributed by atoms with Crippen LogP contribution in [0.5, 0.6) is 0 Å². The van der Waals surface area contributed by atoms with Crippen LogP contribution in [0.3, 0.4) is 0 Å². The van der Waals surface area contributed by atoms with Crippen molar-refractivity contribution in [2.45, 2.75) is 89.1 Å². The molecule has 2 saturated heterocycles. The summed E-state index contributed by atoms with van der Waals surface area (Å²) >= 11 is 3.53. The summed E-state index contributed by atoms with van der Waals surface area (Å²) in [6.45, 7) is 12.2. The van der Waals surface area contributed by atoms with Crippen molar-refractivity contribution in [1.82, 2.24) is 20.4 Å². The standard InChI is InChI=1S/C34H48N4O6S3/c1-22(2)30-29(12-16-47(30,42)43)44-33(41)35-26(17-23-9-7-6-8-10-23)28(39)21-38-14-13-37(20-27(38)31(40)36-34(3,4)5)19-25-18-24-11-15-45-32(24)46-25/h6-11,15,18,22,26-30,39H,12-14,16-17,19-21H2,1-5H3,(H,35,41)(H,36,40)/t26-,27-,28+,29+,30+/m0/s1. The number of nitrogens with one attached hydrogen (secondary N) is 2. The van der Waals surface area contributed by atoms with Gasteiger partial charge in [0.1, 0.15) is 17.4 Å². The Balaban J connectivity index is 1.30. The predicted molar refractivity (Wildman–Crippen MR) is 189 cm³/mol. The monoisotopic (exact) mass is 704 g/mol. The molecule has 10 nitrogen and oxygen atoms in total. The molecular weight excluding hydrogens is 657 g/mol. The van der Waals surface area contributed by atoms with Gasteiger partial charge in [-0.25, -0.2) is 13.2 Å². The molecule has 0 spiro atoms. The molecule has 0 unspecified atom stereocenters. The molecule has 2 amide bonds. The maximum atomic E-state index is 13.7. The van der Waals surface area contributed by atoms with Crippen LogP contribution >= 0.6 is 22.7 Å². The lowest BCUT2D eigenvalue weighted by Gasteiger charge is -2.42. The van der Waals surface area contributed by atoms with Crippen LogP contribution in [0.15, 0.2) is 47.8 Å². The molecule has 0 saturated carbocycles. The number of rotatable bonds is 11. The fourth-order valence-electron chi connectivity index (χ4n) is 6.68. The van der Waals surface area contributed by atoms with Gasteiger partial charge in [-0.2, -0.15) is 0 Å². The van der Waals surface area contributed by atoms with Gasteiger partial charge in [0.05, 0.1) is 21.9 Å². The Hall–Kier alpha value is -2.55. The number of benzene rings is 1. The Bertz CT molecular complexity index is 1590. The SMILES string of the molecule is CC(C)[C@@H]1[C@H](OC(=O)N[C@@H](Cc2ccccc2)[C@H](O)CN2CCN(Cc3cc4ccsc4s3)C[C@H]2C(=O)NC(C)(C)C)CCS1(=O)=O. The van der Waals surface area contributed by atoms with Crippen molar-refractivity contribution in [2.75, 3.05) is 31.9 Å². The van der Waals surface area contributed by atoms with E-state index in [4.69, 9.17) is 4.74 Å². The highest BCUT2D eigenvalue weighted by atomic mass is 32.2. The first-order valence-electron chi connectivity index (χ1n) is 16.3. The number of thiophene rings is 2. The fourth-order valence-corrected chi connectivity index (χ4v) is 11.2. The van der Waals surface area contributed by atoms with E-state index in [1.807, 2.05) is 69.9 Å². The zero-order chi connectivity index (χ0) is 33.9. The minimum absolute atomic E-state index is 0.0152. The Morgan fingerprint density at radius 1 is 1.13 bits per heavy atom. The van der Waals surface area contributed by atoms with E-state index >= 15 is 0 Å². The molecule has 258 valence electrons. The Morgan fingerprint density at radius 3 is 2.55 bits per heavy atom. The van der Waals surface area contributed by atoms with Gasteiger partial charge in [-0.05, 0) is 62.6 Å². The summed E-state index contributed by atoms with van der Waals surface area (Å²) in [5.41, 5.74) is 0.493. The van der Waals surface area contributed by atoms with Crippen LogP contribution in [0.4, 0.5) is 4.79 Å². The third kappa shape index (κ3) is 9.33. The van der Waals surface area contributed by atoms with Crippen LogP contribution in [-0.4, -0.2) is 102 Å². The second-order valence-corrected chi connectivity index (χ2v) is 18.8. The van der Waals surface area contributed by atoms with E-state index in [-0.39, 0.29) is 30.5 Å². The summed E-state index contributed by atoms with van der Waals surface area (Å²) in [6, 6.07) is 12.7. The first-order valence-corrected chi connectivity index (χ1v) is 19.7. The van der Waals surface area contributed by atoms with Crippen molar-refractivity contribution in [3.63, 3.8) is 0 Å². The van der Waals surface area contributed by atoms with Gasteiger partial charge in [-0.1, -0.05) is 44.2 Å². The summed E-state index contributed by atoms with van der Waals surface area (Å²) < 4.78 is 32.3. The lowest BCUT2D eigenvalue weighted by Crippen LogP contribution is -2.63. The van der Waals surface area contributed by atoms with Crippen molar-refractivity contribution in [2.24, 2.45) is 5.92 Å². The van der Waals surface area contributed by atoms with E-state index < -0.39 is 51.0 Å². The largest absolute Gasteiger partial charge is 0.445 e. The summed E-state index contributed by atoms with van der Waals surface area (Å²) in [5, 5.41) is 20.3. The van der Waals surface area contributed by atoms with E-state index in [1.165, 1.54) is 14.3 Å². The summed E-state index contributed by atoms with van der Waals surface area (Å²) in [6.07, 6.45) is -1.94. The molecule has 0 bridgehead atoms. The van der Waals surface area contributed by atoms with Gasteiger partial charge < -0.3 is 20.5 Å². The topological polar surface area (TPSA) is 128 Å². The number of piperazine rings is 1. The van der Waals surface area contributed by atoms with Crippen LogP contribution < -0.4 is 10.6 Å². The predicted octanol–water partition coefficient (Wildman–Crippen LogP) is 4.27. The Labute approximate surface area is 286 Å². The Morgan fingerprint density at radius 2 is 1.87 bits per heavy atom. The molecule has 2 aromatic heterocycles. The van der Waals surface area contributed by atoms with E-state index in [0.29, 0.717) is 19.5 Å². The number of nitrogens with zero attached hydrogens (tertiary/aromatic N) is 2. The maximum Gasteiger partial charge on any atom is 0.407 e. The smallest absolute Gasteiger partial charge is 0.407 e. The summed E-state index contributed by atoms with van der Waals surface area (Å²) in [7, 11) is -3.35. The van der Waals surface area contributed by atoms with E-state index in [0.717, 1.165) is 18.7 Å². The van der Waals surface area contributed by atoms with Gasteiger partial charge in [0.2, 0.25) is 5.91 Å². The van der Waals surface area contributed by atoms with Gasteiger partial charge in [0.15, 0.2) is 9.84 Å². The highest BCUT2D eigenvalue weighted by molar-refractivity contribution is 7.92. The van der Waals surface area contributed by atoms with Crippen molar-refractivity contribution in [3.8, 4) is 0 Å². The van der Waals surface area contributed by atoms with Crippen LogP contribution in [-0.2, 0) is 32.3 Å². The average molecular weight is 705 g/mol. The third-order valence-corrected chi connectivity index (χ3v) is 13.5. The lowest BCUT2D eigenvalue weighted by atomic mass is 9.99. The van der Waals surface area contributed by atoms with Crippen molar-refractivity contribution >= 4 is 53.9 Å². The van der Waals surface area contributed by atoms with Gasteiger partial charge in [0.25, 0.3) is 0 Å². The second kappa shape index (κ2) is 14.9. The molecule has 3 N–H and O–H groups in total. The van der Waals surface area contributed by atoms with Crippen LogP contribution in [0.1, 0.15) is 51.5 Å². The molecule has 0 radical (unpaired) electrons. The minimum Gasteiger partial charge on any atom is -0.445 e. The average Bonchev–Trinajstić information content (AvgIpc) is 3.66. The van der Waals surface area contributed by atoms with Crippen LogP contribution in [0.2, 0.25) is 0 Å². The van der Waals surface area contributed by atoms with Crippen molar-refractivity contribution < 1.29 is 27.9 Å². The van der Waals surface area contributed by atoms with Gasteiger partial charge in [-0.3, -0.25) is 14.6 Å². The molecule has 0 aliphatic carbocycles. The molecule has 1 aromatic carbocycles. The molecule has 4 heterocycles. The summed E-state index contributed by atoms with van der Waals surface area (Å²) in [5.74, 6) is -0.313. The van der Waals surface area contributed by atoms with E-state index in [1.54, 1.807) is 22.7 Å². The highest BCUT2D eigenvalue weighted by Gasteiger charge is 2.45. The quantitative estimate of drug-likeness (QED) is 0.270. The molecule has 2 aliphatic heterocycles. The number of aliphatic hydroxyl groups is 1. The Kier molecular flexibility index (Phi) is 11.3. The molecule has 2 aliphatic rings. The number of hydrogen-bond acceptors (Lipinski definition) is 10. The van der Waals surface area contributed by atoms with Crippen molar-refractivity contribution in [3.05, 3.63) is 58.3 Å². The second-order valence-electron chi connectivity index (χ2n) is 14.2. The van der Waals surface area contributed by atoms with Gasteiger partial charge >= 0.3 is 6.09 Å². The number of carbonyl (C=O) groups excluding carboxylic acids is 2. The van der Waals surface area contributed by atoms with Gasteiger partial charge in [-0.15, -0.1) is 22.7 Å². The molecule has 5 rings (SSSR count). The first kappa shape index (κ1) is 35.7.